The maximum atomic E-state index is 13.1. The van der Waals surface area contributed by atoms with Crippen molar-refractivity contribution in [2.24, 2.45) is 0 Å². The van der Waals surface area contributed by atoms with Gasteiger partial charge in [-0.15, -0.1) is 33.2 Å². The Labute approximate surface area is 102 Å². The Morgan fingerprint density at radius 2 is 1.07 bits per heavy atom. The maximum absolute atomic E-state index is 13.1. The van der Waals surface area contributed by atoms with E-state index in [1.54, 1.807) is 0 Å². The highest BCUT2D eigenvalue weighted by Crippen LogP contribution is 2.29. The minimum absolute atomic E-state index is 1.20. The van der Waals surface area contributed by atoms with Gasteiger partial charge >= 0.3 is 6.00 Å². The molecule has 0 radical (unpaired) electrons. The van der Waals surface area contributed by atoms with Crippen LogP contribution in [-0.4, -0.2) is 6.00 Å². The van der Waals surface area contributed by atoms with Crippen LogP contribution in [0.25, 0.3) is 0 Å². The molecule has 0 bridgehead atoms. The Balaban J connectivity index is 3.68. The lowest BCUT2D eigenvalue weighted by Crippen LogP contribution is -2.38. The van der Waals surface area contributed by atoms with Crippen molar-refractivity contribution in [3.8, 4) is 0 Å². The Bertz CT molecular complexity index is 388. The van der Waals surface area contributed by atoms with Crippen LogP contribution in [0.1, 0.15) is 0 Å². The summed E-state index contributed by atoms with van der Waals surface area (Å²) in [6, 6.07) is -4.08. The van der Waals surface area contributed by atoms with Gasteiger partial charge in [0.1, 0.15) is 5.02 Å². The molecule has 0 spiro atoms. The van der Waals surface area contributed by atoms with Gasteiger partial charge in [-0.05, 0) is 0 Å². The van der Waals surface area contributed by atoms with Gasteiger partial charge in [0.25, 0.3) is 0 Å². The summed E-state index contributed by atoms with van der Waals surface area (Å²) in [6.07, 6.45) is 0. The molecule has 0 amide bonds. The molecule has 1 rings (SSSR count). The second-order valence-electron chi connectivity index (χ2n) is 2.44. The van der Waals surface area contributed by atoms with E-state index < -0.39 is 39.5 Å². The quantitative estimate of drug-likeness (QED) is 0.243. The molecule has 84 valence electrons. The summed E-state index contributed by atoms with van der Waals surface area (Å²) in [5, 5.41) is -2.51. The average Bonchev–Trinajstić information content (AvgIpc) is 2.09. The highest BCUT2D eigenvalue weighted by Gasteiger charge is 2.39. The third-order valence-corrected chi connectivity index (χ3v) is 4.53. The van der Waals surface area contributed by atoms with Gasteiger partial charge in [-0.25, -0.2) is 17.6 Å². The molecule has 0 atom stereocenters. The molecule has 0 saturated carbocycles. The zero-order valence-electron chi connectivity index (χ0n) is 6.52. The van der Waals surface area contributed by atoms with Crippen LogP contribution >= 0.6 is 44.8 Å². The van der Waals surface area contributed by atoms with E-state index in [0.717, 1.165) is 0 Å². The number of benzene rings is 1. The maximum Gasteiger partial charge on any atom is 0.379 e. The fraction of sp³-hybridized carbons (Fsp3) is 0. The van der Waals surface area contributed by atoms with Crippen molar-refractivity contribution < 1.29 is 17.6 Å². The topological polar surface area (TPSA) is 0 Å². The molecule has 0 fully saturated rings. The van der Waals surface area contributed by atoms with Crippen LogP contribution in [0.4, 0.5) is 17.6 Å². The van der Waals surface area contributed by atoms with Gasteiger partial charge in [-0.2, -0.15) is 0 Å². The average molecular weight is 318 g/mol. The highest BCUT2D eigenvalue weighted by atomic mass is 35.8. The minimum Gasteiger partial charge on any atom is -0.204 e. The van der Waals surface area contributed by atoms with Crippen LogP contribution in [0.5, 0.6) is 0 Å². The highest BCUT2D eigenvalue weighted by molar-refractivity contribution is 7.69. The van der Waals surface area contributed by atoms with Gasteiger partial charge in [0.15, 0.2) is 23.3 Å². The second kappa shape index (κ2) is 4.29. The largest absolute Gasteiger partial charge is 0.379 e. The summed E-state index contributed by atoms with van der Waals surface area (Å²) >= 11 is 20.8. The summed E-state index contributed by atoms with van der Waals surface area (Å²) < 4.78 is 52.0. The summed E-state index contributed by atoms with van der Waals surface area (Å²) in [6.45, 7) is 0. The van der Waals surface area contributed by atoms with Crippen LogP contribution in [-0.2, 0) is 0 Å². The van der Waals surface area contributed by atoms with E-state index in [2.05, 4.69) is 0 Å². The number of rotatable bonds is 1. The second-order valence-corrected chi connectivity index (χ2v) is 11.2. The van der Waals surface area contributed by atoms with Gasteiger partial charge < -0.3 is 0 Å². The molecule has 0 aliphatic heterocycles. The lowest BCUT2D eigenvalue weighted by Gasteiger charge is -2.12. The van der Waals surface area contributed by atoms with Crippen LogP contribution in [0.2, 0.25) is 5.02 Å². The van der Waals surface area contributed by atoms with Crippen molar-refractivity contribution in [2.75, 3.05) is 0 Å². The normalized spacial score (nSPS) is 12.0. The molecule has 1 aromatic carbocycles. The van der Waals surface area contributed by atoms with Gasteiger partial charge in [-0.1, -0.05) is 11.6 Å². The Kier molecular flexibility index (Phi) is 3.83. The molecular formula is C6Cl4F4Si. The van der Waals surface area contributed by atoms with E-state index in [4.69, 9.17) is 44.8 Å². The van der Waals surface area contributed by atoms with Gasteiger partial charge in [0.2, 0.25) is 0 Å². The van der Waals surface area contributed by atoms with Crippen LogP contribution in [0, 0.1) is 23.3 Å². The Morgan fingerprint density at radius 1 is 0.733 bits per heavy atom. The summed E-state index contributed by atoms with van der Waals surface area (Å²) in [5.74, 6) is -7.09. The molecule has 0 unspecified atom stereocenters. The fourth-order valence-corrected chi connectivity index (χ4v) is 3.23. The standard InChI is InChI=1S/C6Cl4F4Si/c7-1-2(11)4(13)6(15(8,9)10)5(14)3(1)12. The van der Waals surface area contributed by atoms with E-state index in [9.17, 15) is 17.6 Å². The van der Waals surface area contributed by atoms with Crippen LogP contribution < -0.4 is 5.19 Å². The van der Waals surface area contributed by atoms with Crippen molar-refractivity contribution in [2.45, 2.75) is 0 Å². The van der Waals surface area contributed by atoms with E-state index in [1.807, 2.05) is 0 Å². The summed E-state index contributed by atoms with van der Waals surface area (Å²) in [7, 11) is 0. The third kappa shape index (κ3) is 2.36. The number of hydrogen-bond acceptors (Lipinski definition) is 0. The predicted molar refractivity (Wildman–Crippen MR) is 54.2 cm³/mol. The van der Waals surface area contributed by atoms with E-state index >= 15 is 0 Å². The Hall–Kier alpha value is 0.317. The molecule has 0 aromatic heterocycles. The number of hydrogen-bond donors (Lipinski definition) is 0. The molecular weight excluding hydrogens is 318 g/mol. The predicted octanol–water partition coefficient (Wildman–Crippen LogP) is 3.76. The molecule has 0 aliphatic carbocycles. The lowest BCUT2D eigenvalue weighted by molar-refractivity contribution is 0.463. The monoisotopic (exact) mass is 316 g/mol. The summed E-state index contributed by atoms with van der Waals surface area (Å²) in [5.41, 5.74) is 0. The molecule has 9 heteroatoms. The molecule has 0 aliphatic rings. The molecule has 1 aromatic rings. The van der Waals surface area contributed by atoms with E-state index in [-0.39, 0.29) is 0 Å². The zero-order chi connectivity index (χ0) is 12.0. The fourth-order valence-electron chi connectivity index (χ4n) is 0.854. The van der Waals surface area contributed by atoms with Crippen molar-refractivity contribution in [3.63, 3.8) is 0 Å². The lowest BCUT2D eigenvalue weighted by atomic mass is 10.3. The smallest absolute Gasteiger partial charge is 0.204 e. The van der Waals surface area contributed by atoms with Crippen molar-refractivity contribution in [3.05, 3.63) is 28.3 Å². The molecule has 15 heavy (non-hydrogen) atoms. The molecule has 0 N–H and O–H groups in total. The Morgan fingerprint density at radius 3 is 1.33 bits per heavy atom. The zero-order valence-corrected chi connectivity index (χ0v) is 10.5. The first-order chi connectivity index (χ1) is 6.68. The van der Waals surface area contributed by atoms with Gasteiger partial charge in [-0.3, -0.25) is 0 Å². The van der Waals surface area contributed by atoms with Crippen LogP contribution in [0.15, 0.2) is 0 Å². The molecule has 0 saturated heterocycles. The first-order valence-corrected chi connectivity index (χ1v) is 8.68. The van der Waals surface area contributed by atoms with Crippen molar-refractivity contribution in [1.29, 1.82) is 0 Å². The van der Waals surface area contributed by atoms with Crippen molar-refractivity contribution >= 4 is 56.0 Å². The number of halogens is 8. The van der Waals surface area contributed by atoms with Crippen molar-refractivity contribution in [1.82, 2.24) is 0 Å². The molecule has 0 heterocycles. The van der Waals surface area contributed by atoms with Gasteiger partial charge in [0, 0.05) is 0 Å². The molecule has 0 nitrogen and oxygen atoms in total. The van der Waals surface area contributed by atoms with E-state index in [1.165, 1.54) is 0 Å². The van der Waals surface area contributed by atoms with Crippen LogP contribution in [0.3, 0.4) is 0 Å². The SMILES string of the molecule is Fc1c(F)c([Si](Cl)(Cl)Cl)c(F)c(F)c1Cl. The van der Waals surface area contributed by atoms with Gasteiger partial charge in [0.05, 0.1) is 5.19 Å². The third-order valence-electron chi connectivity index (χ3n) is 1.49. The van der Waals surface area contributed by atoms with E-state index in [0.29, 0.717) is 0 Å². The first kappa shape index (κ1) is 13.4. The first-order valence-electron chi connectivity index (χ1n) is 3.26. The minimum atomic E-state index is -4.08. The summed E-state index contributed by atoms with van der Waals surface area (Å²) in [4.78, 5) is 0.